The Balaban J connectivity index is 1.92. The fourth-order valence-electron chi connectivity index (χ4n) is 1.52. The van der Waals surface area contributed by atoms with Crippen molar-refractivity contribution in [1.82, 2.24) is 15.2 Å². The molecule has 0 aliphatic heterocycles. The predicted molar refractivity (Wildman–Crippen MR) is 51.5 cm³/mol. The third-order valence-electron chi connectivity index (χ3n) is 2.30. The predicted octanol–water partition coefficient (Wildman–Crippen LogP) is 1.10. The number of amides is 1. The summed E-state index contributed by atoms with van der Waals surface area (Å²) in [6.45, 7) is 0. The maximum atomic E-state index is 11.6. The van der Waals surface area contributed by atoms with Gasteiger partial charge in [-0.1, -0.05) is 12.2 Å². The minimum Gasteiger partial charge on any atom is -0.295 e. The lowest BCUT2D eigenvalue weighted by Gasteiger charge is -2.15. The molecule has 0 aromatic carbocycles. The van der Waals surface area contributed by atoms with Gasteiger partial charge in [0.1, 0.15) is 6.33 Å². The molecule has 1 aromatic rings. The summed E-state index contributed by atoms with van der Waals surface area (Å²) in [5, 5.41) is 8.94. The van der Waals surface area contributed by atoms with Gasteiger partial charge in [-0.25, -0.2) is 5.10 Å². The highest BCUT2D eigenvalue weighted by Crippen LogP contribution is 2.19. The molecular formula is C9H12N4O. The van der Waals surface area contributed by atoms with Crippen LogP contribution in [0.25, 0.3) is 0 Å². The first-order valence-electron chi connectivity index (χ1n) is 4.67. The Bertz CT molecular complexity index is 331. The van der Waals surface area contributed by atoms with Gasteiger partial charge in [0.05, 0.1) is 0 Å². The van der Waals surface area contributed by atoms with Crippen LogP contribution in [0.3, 0.4) is 0 Å². The van der Waals surface area contributed by atoms with Crippen molar-refractivity contribution in [2.45, 2.75) is 19.3 Å². The summed E-state index contributed by atoms with van der Waals surface area (Å²) in [4.78, 5) is 15.5. The van der Waals surface area contributed by atoms with Gasteiger partial charge in [0.2, 0.25) is 11.9 Å². The first-order chi connectivity index (χ1) is 6.86. The van der Waals surface area contributed by atoms with Crippen molar-refractivity contribution in [2.75, 3.05) is 5.32 Å². The van der Waals surface area contributed by atoms with Crippen LogP contribution >= 0.6 is 0 Å². The molecule has 0 saturated heterocycles. The smallest absolute Gasteiger partial charge is 0.230 e. The van der Waals surface area contributed by atoms with Crippen LogP contribution in [-0.2, 0) is 4.79 Å². The largest absolute Gasteiger partial charge is 0.295 e. The lowest BCUT2D eigenvalue weighted by atomic mass is 9.94. The summed E-state index contributed by atoms with van der Waals surface area (Å²) in [6.07, 6.45) is 8.24. The van der Waals surface area contributed by atoms with E-state index in [0.717, 1.165) is 19.3 Å². The van der Waals surface area contributed by atoms with Gasteiger partial charge < -0.3 is 0 Å². The van der Waals surface area contributed by atoms with E-state index in [-0.39, 0.29) is 11.8 Å². The number of carbonyl (C=O) groups is 1. The van der Waals surface area contributed by atoms with Gasteiger partial charge in [0.15, 0.2) is 0 Å². The fraction of sp³-hybridized carbons (Fsp3) is 0.444. The van der Waals surface area contributed by atoms with E-state index >= 15 is 0 Å². The molecule has 1 aromatic heterocycles. The van der Waals surface area contributed by atoms with E-state index in [1.807, 2.05) is 6.08 Å². The Hall–Kier alpha value is -1.65. The molecule has 0 spiro atoms. The zero-order valence-electron chi connectivity index (χ0n) is 7.73. The van der Waals surface area contributed by atoms with Gasteiger partial charge in [-0.3, -0.25) is 10.1 Å². The number of aromatic amines is 1. The Morgan fingerprint density at radius 1 is 1.57 bits per heavy atom. The van der Waals surface area contributed by atoms with Crippen LogP contribution in [-0.4, -0.2) is 21.1 Å². The Labute approximate surface area is 81.6 Å². The number of hydrogen-bond acceptors (Lipinski definition) is 3. The molecule has 5 heteroatoms. The number of carbonyl (C=O) groups excluding carboxylic acids is 1. The van der Waals surface area contributed by atoms with Gasteiger partial charge >= 0.3 is 0 Å². The third-order valence-corrected chi connectivity index (χ3v) is 2.30. The molecule has 0 bridgehead atoms. The van der Waals surface area contributed by atoms with Gasteiger partial charge in [-0.15, -0.1) is 0 Å². The van der Waals surface area contributed by atoms with Crippen LogP contribution in [0.4, 0.5) is 5.95 Å². The van der Waals surface area contributed by atoms with E-state index in [4.69, 9.17) is 0 Å². The van der Waals surface area contributed by atoms with Crippen LogP contribution < -0.4 is 5.32 Å². The third kappa shape index (κ3) is 1.99. The second-order valence-corrected chi connectivity index (χ2v) is 3.30. The molecular weight excluding hydrogens is 180 g/mol. The van der Waals surface area contributed by atoms with Crippen LogP contribution in [0.5, 0.6) is 0 Å². The maximum absolute atomic E-state index is 11.6. The average molecular weight is 192 g/mol. The van der Waals surface area contributed by atoms with Crippen LogP contribution in [0, 0.1) is 5.92 Å². The molecule has 0 radical (unpaired) electrons. The van der Waals surface area contributed by atoms with E-state index in [2.05, 4.69) is 26.6 Å². The summed E-state index contributed by atoms with van der Waals surface area (Å²) in [6, 6.07) is 0. The maximum Gasteiger partial charge on any atom is 0.230 e. The normalized spacial score (nSPS) is 20.7. The summed E-state index contributed by atoms with van der Waals surface area (Å²) >= 11 is 0. The topological polar surface area (TPSA) is 70.7 Å². The number of aromatic nitrogens is 3. The highest BCUT2D eigenvalue weighted by Gasteiger charge is 2.19. The van der Waals surface area contributed by atoms with E-state index in [1.165, 1.54) is 6.33 Å². The van der Waals surface area contributed by atoms with E-state index < -0.39 is 0 Å². The molecule has 5 nitrogen and oxygen atoms in total. The number of H-pyrrole nitrogens is 1. The molecule has 1 aliphatic rings. The van der Waals surface area contributed by atoms with Crippen molar-refractivity contribution < 1.29 is 4.79 Å². The zero-order valence-corrected chi connectivity index (χ0v) is 7.73. The number of anilines is 1. The number of hydrogen-bond donors (Lipinski definition) is 2. The molecule has 0 saturated carbocycles. The van der Waals surface area contributed by atoms with E-state index in [0.29, 0.717) is 5.95 Å². The monoisotopic (exact) mass is 192 g/mol. The Morgan fingerprint density at radius 2 is 2.50 bits per heavy atom. The Kier molecular flexibility index (Phi) is 2.58. The average Bonchev–Trinajstić information content (AvgIpc) is 2.72. The van der Waals surface area contributed by atoms with Crippen LogP contribution in [0.2, 0.25) is 0 Å². The number of rotatable bonds is 2. The van der Waals surface area contributed by atoms with Crippen molar-refractivity contribution in [3.8, 4) is 0 Å². The molecule has 1 amide bonds. The molecule has 1 aliphatic carbocycles. The standard InChI is InChI=1S/C9H12N4O/c14-8(7-4-2-1-3-5-7)12-9-10-6-11-13-9/h1-2,6-7H,3-5H2,(H2,10,11,12,13,14)/t7-/m0/s1. The zero-order chi connectivity index (χ0) is 9.80. The van der Waals surface area contributed by atoms with Crippen molar-refractivity contribution in [3.05, 3.63) is 18.5 Å². The summed E-state index contributed by atoms with van der Waals surface area (Å²) < 4.78 is 0. The van der Waals surface area contributed by atoms with Crippen molar-refractivity contribution >= 4 is 11.9 Å². The quantitative estimate of drug-likeness (QED) is 0.689. The summed E-state index contributed by atoms with van der Waals surface area (Å²) in [5.74, 6) is 0.515. The van der Waals surface area contributed by atoms with Gasteiger partial charge in [-0.05, 0) is 19.3 Å². The first-order valence-corrected chi connectivity index (χ1v) is 4.67. The summed E-state index contributed by atoms with van der Waals surface area (Å²) in [7, 11) is 0. The fourth-order valence-corrected chi connectivity index (χ4v) is 1.52. The van der Waals surface area contributed by atoms with Crippen molar-refractivity contribution in [2.24, 2.45) is 5.92 Å². The highest BCUT2D eigenvalue weighted by atomic mass is 16.2. The Morgan fingerprint density at radius 3 is 3.14 bits per heavy atom. The van der Waals surface area contributed by atoms with Crippen LogP contribution in [0.15, 0.2) is 18.5 Å². The number of nitrogens with one attached hydrogen (secondary N) is 2. The molecule has 74 valence electrons. The number of nitrogens with zero attached hydrogens (tertiary/aromatic N) is 2. The van der Waals surface area contributed by atoms with Crippen molar-refractivity contribution in [3.63, 3.8) is 0 Å². The lowest BCUT2D eigenvalue weighted by Crippen LogP contribution is -2.24. The molecule has 0 fully saturated rings. The summed E-state index contributed by atoms with van der Waals surface area (Å²) in [5.41, 5.74) is 0. The SMILES string of the molecule is O=C(Nc1ncn[nH]1)[C@H]1CC=CCC1. The molecule has 1 heterocycles. The molecule has 14 heavy (non-hydrogen) atoms. The number of allylic oxidation sites excluding steroid dienone is 2. The second-order valence-electron chi connectivity index (χ2n) is 3.30. The van der Waals surface area contributed by atoms with Gasteiger partial charge in [0, 0.05) is 5.92 Å². The second kappa shape index (κ2) is 4.04. The molecule has 1 atom stereocenters. The van der Waals surface area contributed by atoms with E-state index in [9.17, 15) is 4.79 Å². The van der Waals surface area contributed by atoms with E-state index in [1.54, 1.807) is 0 Å². The first kappa shape index (κ1) is 8.93. The molecule has 2 rings (SSSR count). The van der Waals surface area contributed by atoms with Crippen LogP contribution in [0.1, 0.15) is 19.3 Å². The highest BCUT2D eigenvalue weighted by molar-refractivity contribution is 5.91. The minimum absolute atomic E-state index is 0.0195. The van der Waals surface area contributed by atoms with Crippen molar-refractivity contribution in [1.29, 1.82) is 0 Å². The molecule has 0 unspecified atom stereocenters. The minimum atomic E-state index is 0.0195. The van der Waals surface area contributed by atoms with Gasteiger partial charge in [-0.2, -0.15) is 10.1 Å². The molecule has 2 N–H and O–H groups in total. The lowest BCUT2D eigenvalue weighted by molar-refractivity contribution is -0.120. The van der Waals surface area contributed by atoms with Gasteiger partial charge in [0.25, 0.3) is 0 Å².